The van der Waals surface area contributed by atoms with Gasteiger partial charge in [-0.05, 0) is 103 Å². The lowest BCUT2D eigenvalue weighted by atomic mass is 9.96. The quantitative estimate of drug-likeness (QED) is 0.0199. The van der Waals surface area contributed by atoms with Crippen molar-refractivity contribution in [1.29, 1.82) is 0 Å². The number of ether oxygens (including phenoxy) is 6. The van der Waals surface area contributed by atoms with Crippen LogP contribution in [0.3, 0.4) is 0 Å². The zero-order valence-corrected chi connectivity index (χ0v) is 67.9. The van der Waals surface area contributed by atoms with Crippen molar-refractivity contribution in [2.75, 3.05) is 26.4 Å². The van der Waals surface area contributed by atoms with Crippen molar-refractivity contribution < 1.29 is 89.4 Å². The second-order valence-corrected chi connectivity index (χ2v) is 30.3. The monoisotopic (exact) mass is 1550 g/mol. The molecular formula is C91H155NO18. The Kier molecular flexibility index (Phi) is 63.0. The predicted octanol–water partition coefficient (Wildman–Crippen LogP) is 16.0. The molecule has 110 heavy (non-hydrogen) atoms. The van der Waals surface area contributed by atoms with Crippen LogP contribution in [0.25, 0.3) is 0 Å². The van der Waals surface area contributed by atoms with Crippen LogP contribution in [0, 0.1) is 0 Å². The molecule has 17 unspecified atom stereocenters. The first kappa shape index (κ1) is 100. The molecule has 0 radical (unpaired) electrons. The van der Waals surface area contributed by atoms with E-state index < -0.39 is 124 Å². The second kappa shape index (κ2) is 69.3. The van der Waals surface area contributed by atoms with Crippen molar-refractivity contribution in [2.24, 2.45) is 0 Å². The van der Waals surface area contributed by atoms with E-state index in [1.54, 1.807) is 6.08 Å². The third-order valence-corrected chi connectivity index (χ3v) is 20.7. The molecule has 0 aromatic heterocycles. The van der Waals surface area contributed by atoms with Crippen LogP contribution in [-0.2, 0) is 33.2 Å². The largest absolute Gasteiger partial charge is 0.394 e. The molecule has 0 spiro atoms. The zero-order valence-electron chi connectivity index (χ0n) is 67.9. The first-order valence-electron chi connectivity index (χ1n) is 43.4. The summed E-state index contributed by atoms with van der Waals surface area (Å²) in [6, 6.07) is -1.00. The van der Waals surface area contributed by atoms with Gasteiger partial charge in [0, 0.05) is 6.42 Å². The molecule has 3 aliphatic rings. The fraction of sp³-hybridized carbons (Fsp3) is 0.747. The molecule has 1 amide bonds. The SMILES string of the molecule is CC/C=C\C/C=C\C/C=C\C/C=C\C/C=C\C/C=C\C/C=C\C/C=C\C/C=C\CCCCCCCCCCCCCCCC(=O)NC(COC1OC(CO)C(OC2OC(CO)C(OC3OC(CO)C(O)C(O)C3O)C(O)C2O)C(O)C1O)C(O)/C=C/CC/C=C/CCCCCCCCCCCCCCCCCCCC. The van der Waals surface area contributed by atoms with Gasteiger partial charge in [0.2, 0.25) is 5.91 Å². The highest BCUT2D eigenvalue weighted by Gasteiger charge is 2.54. The van der Waals surface area contributed by atoms with Crippen molar-refractivity contribution in [1.82, 2.24) is 5.32 Å². The summed E-state index contributed by atoms with van der Waals surface area (Å²) in [5, 5.41) is 121. The molecule has 3 aliphatic heterocycles. The smallest absolute Gasteiger partial charge is 0.220 e. The number of hydrogen-bond acceptors (Lipinski definition) is 18. The van der Waals surface area contributed by atoms with Crippen molar-refractivity contribution in [3.63, 3.8) is 0 Å². The Morgan fingerprint density at radius 2 is 0.636 bits per heavy atom. The zero-order chi connectivity index (χ0) is 79.5. The Morgan fingerprint density at radius 1 is 0.336 bits per heavy atom. The number of carbonyl (C=O) groups excluding carboxylic acids is 1. The number of allylic oxidation sites excluding steroid dienone is 21. The van der Waals surface area contributed by atoms with E-state index in [9.17, 15) is 61.0 Å². The highest BCUT2D eigenvalue weighted by Crippen LogP contribution is 2.33. The molecule has 3 rings (SSSR count). The number of hydrogen-bond donors (Lipinski definition) is 12. The first-order valence-corrected chi connectivity index (χ1v) is 43.4. The highest BCUT2D eigenvalue weighted by molar-refractivity contribution is 5.76. The van der Waals surface area contributed by atoms with Gasteiger partial charge in [-0.1, -0.05) is 327 Å². The minimum atomic E-state index is -1.99. The van der Waals surface area contributed by atoms with Crippen molar-refractivity contribution >= 4 is 5.91 Å². The van der Waals surface area contributed by atoms with Crippen LogP contribution < -0.4 is 5.32 Å². The number of aliphatic hydroxyl groups excluding tert-OH is 11. The van der Waals surface area contributed by atoms with E-state index in [0.29, 0.717) is 12.8 Å². The van der Waals surface area contributed by atoms with E-state index in [4.69, 9.17) is 28.4 Å². The molecule has 632 valence electrons. The summed E-state index contributed by atoms with van der Waals surface area (Å²) in [5.74, 6) is -0.289. The number of amides is 1. The normalized spacial score (nSPS) is 25.8. The molecule has 3 heterocycles. The fourth-order valence-electron chi connectivity index (χ4n) is 13.8. The number of nitrogens with one attached hydrogen (secondary N) is 1. The summed E-state index contributed by atoms with van der Waals surface area (Å²) in [6.07, 6.45) is 73.0. The van der Waals surface area contributed by atoms with Gasteiger partial charge in [0.25, 0.3) is 0 Å². The molecule has 3 saturated heterocycles. The van der Waals surface area contributed by atoms with Crippen LogP contribution in [0.5, 0.6) is 0 Å². The van der Waals surface area contributed by atoms with Crippen LogP contribution in [0.2, 0.25) is 0 Å². The van der Waals surface area contributed by atoms with Crippen LogP contribution >= 0.6 is 0 Å². The maximum Gasteiger partial charge on any atom is 0.220 e. The molecule has 0 aromatic rings. The van der Waals surface area contributed by atoms with E-state index >= 15 is 0 Å². The Labute approximate surface area is 664 Å². The Balaban J connectivity index is 1.34. The number of aliphatic hydroxyl groups is 11. The molecular weight excluding hydrogens is 1390 g/mol. The third-order valence-electron chi connectivity index (χ3n) is 20.7. The minimum Gasteiger partial charge on any atom is -0.394 e. The van der Waals surface area contributed by atoms with Gasteiger partial charge < -0.3 is 89.9 Å². The molecule has 19 heteroatoms. The van der Waals surface area contributed by atoms with E-state index in [-0.39, 0.29) is 18.9 Å². The molecule has 0 saturated carbocycles. The van der Waals surface area contributed by atoms with Gasteiger partial charge in [-0.2, -0.15) is 0 Å². The van der Waals surface area contributed by atoms with Crippen molar-refractivity contribution in [3.05, 3.63) is 134 Å². The van der Waals surface area contributed by atoms with Crippen LogP contribution in [-0.4, -0.2) is 193 Å². The number of rotatable bonds is 68. The summed E-state index contributed by atoms with van der Waals surface area (Å²) in [5.41, 5.74) is 0. The van der Waals surface area contributed by atoms with Gasteiger partial charge in [0.05, 0.1) is 38.6 Å². The van der Waals surface area contributed by atoms with E-state index in [2.05, 4.69) is 141 Å². The summed E-state index contributed by atoms with van der Waals surface area (Å²) in [4.78, 5) is 13.5. The first-order chi connectivity index (χ1) is 53.8. The average molecular weight is 1550 g/mol. The van der Waals surface area contributed by atoms with Crippen LogP contribution in [0.4, 0.5) is 0 Å². The lowest BCUT2D eigenvalue weighted by Crippen LogP contribution is -2.66. The lowest BCUT2D eigenvalue weighted by molar-refractivity contribution is -0.379. The summed E-state index contributed by atoms with van der Waals surface area (Å²) < 4.78 is 34.5. The van der Waals surface area contributed by atoms with Gasteiger partial charge in [-0.3, -0.25) is 4.79 Å². The standard InChI is InChI=1S/C91H155NO18/c1-3-5-7-9-11-13-15-17-19-21-23-25-27-29-30-31-32-33-34-35-36-37-38-39-40-41-42-43-44-45-47-49-51-53-55-57-59-61-63-65-67-69-79(97)92-74(75(96)68-66-64-62-60-58-56-54-52-50-48-46-28-26-24-22-20-18-16-14-12-10-8-6-4-2)73-105-89-85(103)82(100)87(77(71-94)107-89)110-91-86(104)83(101)88(78(72-95)108-91)109-90-84(102)81(99)80(98)76(70-93)106-90/h5,7,11,13,17,19,23,25,29-30,32-33,35-36,38-39,41-42,58,60,66,68,74-78,80-91,93-96,98-104H,3-4,6,8-10,12,14-16,18,20-22,24,26-28,31,34,37,40,43-57,59,61-65,67,69-73H2,1-2H3,(H,92,97)/b7-5-,13-11-,19-17-,25-23-,30-29-,33-32-,36-35-,39-38-,42-41-,60-58+,68-66+. The van der Waals surface area contributed by atoms with Gasteiger partial charge >= 0.3 is 0 Å². The topological polar surface area (TPSA) is 307 Å². The Morgan fingerprint density at radius 3 is 1.02 bits per heavy atom. The van der Waals surface area contributed by atoms with Gasteiger partial charge in [0.1, 0.15) is 73.2 Å². The van der Waals surface area contributed by atoms with E-state index in [0.717, 1.165) is 109 Å². The maximum absolute atomic E-state index is 13.5. The molecule has 0 bridgehead atoms. The summed E-state index contributed by atoms with van der Waals surface area (Å²) >= 11 is 0. The Bertz CT molecular complexity index is 2510. The highest BCUT2D eigenvalue weighted by atomic mass is 16.8. The maximum atomic E-state index is 13.5. The van der Waals surface area contributed by atoms with Gasteiger partial charge in [0.15, 0.2) is 18.9 Å². The lowest BCUT2D eigenvalue weighted by Gasteiger charge is -2.48. The summed E-state index contributed by atoms with van der Waals surface area (Å²) in [6.45, 7) is 1.62. The van der Waals surface area contributed by atoms with Crippen LogP contribution in [0.1, 0.15) is 303 Å². The molecule has 19 nitrogen and oxygen atoms in total. The van der Waals surface area contributed by atoms with Crippen molar-refractivity contribution in [2.45, 2.75) is 407 Å². The van der Waals surface area contributed by atoms with Crippen molar-refractivity contribution in [3.8, 4) is 0 Å². The summed E-state index contributed by atoms with van der Waals surface area (Å²) in [7, 11) is 0. The second-order valence-electron chi connectivity index (χ2n) is 30.3. The number of carbonyl (C=O) groups is 1. The molecule has 12 N–H and O–H groups in total. The third kappa shape index (κ3) is 47.7. The average Bonchev–Trinajstić information content (AvgIpc) is 0.782. The van der Waals surface area contributed by atoms with Gasteiger partial charge in [-0.25, -0.2) is 0 Å². The van der Waals surface area contributed by atoms with Crippen LogP contribution in [0.15, 0.2) is 134 Å². The predicted molar refractivity (Wildman–Crippen MR) is 443 cm³/mol. The fourth-order valence-corrected chi connectivity index (χ4v) is 13.8. The molecule has 17 atom stereocenters. The molecule has 0 aromatic carbocycles. The minimum absolute atomic E-state index is 0.227. The molecule has 3 fully saturated rings. The number of unbranched alkanes of at least 4 members (excludes halogenated alkanes) is 32. The van der Waals surface area contributed by atoms with E-state index in [1.165, 1.54) is 161 Å². The Hall–Kier alpha value is -4.07. The molecule has 0 aliphatic carbocycles. The van der Waals surface area contributed by atoms with E-state index in [1.807, 2.05) is 6.08 Å². The van der Waals surface area contributed by atoms with Gasteiger partial charge in [-0.15, -0.1) is 0 Å².